The van der Waals surface area contributed by atoms with Crippen LogP contribution in [0.1, 0.15) is 20.3 Å². The average Bonchev–Trinajstić information content (AvgIpc) is 2.61. The molecule has 1 fully saturated rings. The molecule has 0 aromatic heterocycles. The van der Waals surface area contributed by atoms with E-state index in [0.29, 0.717) is 5.92 Å². The van der Waals surface area contributed by atoms with Crippen molar-refractivity contribution in [3.05, 3.63) is 23.8 Å². The Morgan fingerprint density at radius 2 is 1.93 bits per heavy atom. The van der Waals surface area contributed by atoms with Gasteiger partial charge in [0.25, 0.3) is 0 Å². The monoisotopic (exact) mass is 202 g/mol. The van der Waals surface area contributed by atoms with E-state index in [-0.39, 0.29) is 28.8 Å². The van der Waals surface area contributed by atoms with E-state index in [0.717, 1.165) is 6.42 Å². The van der Waals surface area contributed by atoms with Gasteiger partial charge in [-0.2, -0.15) is 0 Å². The van der Waals surface area contributed by atoms with Crippen molar-refractivity contribution >= 4 is 11.6 Å². The highest BCUT2D eigenvalue weighted by Gasteiger charge is 2.59. The van der Waals surface area contributed by atoms with E-state index in [1.165, 1.54) is 17.7 Å². The van der Waals surface area contributed by atoms with Crippen molar-refractivity contribution in [3.63, 3.8) is 0 Å². The van der Waals surface area contributed by atoms with Crippen molar-refractivity contribution in [3.8, 4) is 0 Å². The largest absolute Gasteiger partial charge is 0.294 e. The summed E-state index contributed by atoms with van der Waals surface area (Å²) in [5.41, 5.74) is 1.24. The molecule has 0 heterocycles. The van der Waals surface area contributed by atoms with Crippen molar-refractivity contribution < 1.29 is 9.59 Å². The molecule has 0 aromatic rings. The Balaban J connectivity index is 2.15. The number of carbonyl (C=O) groups is 2. The first kappa shape index (κ1) is 9.08. The van der Waals surface area contributed by atoms with Crippen molar-refractivity contribution in [2.75, 3.05) is 0 Å². The standard InChI is InChI=1S/C13H14O2/c1-7-5-13(2)6-8(7)11-9(14)3-4-10(15)12(11)13/h3-5,8,11-12H,6H2,1-2H3. The number of rotatable bonds is 0. The minimum absolute atomic E-state index is 0.0579. The van der Waals surface area contributed by atoms with Gasteiger partial charge in [-0.15, -0.1) is 0 Å². The number of allylic oxidation sites excluding steroid dienone is 4. The molecule has 78 valence electrons. The minimum atomic E-state index is -0.0799. The fourth-order valence-electron chi connectivity index (χ4n) is 3.83. The quantitative estimate of drug-likeness (QED) is 0.562. The topological polar surface area (TPSA) is 34.1 Å². The van der Waals surface area contributed by atoms with Gasteiger partial charge in [0.05, 0.1) is 0 Å². The van der Waals surface area contributed by atoms with Crippen LogP contribution >= 0.6 is 0 Å². The third-order valence-corrected chi connectivity index (χ3v) is 4.35. The molecule has 2 heteroatoms. The highest BCUT2D eigenvalue weighted by Crippen LogP contribution is 2.60. The van der Waals surface area contributed by atoms with E-state index >= 15 is 0 Å². The van der Waals surface area contributed by atoms with Gasteiger partial charge >= 0.3 is 0 Å². The van der Waals surface area contributed by atoms with E-state index < -0.39 is 0 Å². The molecule has 0 N–H and O–H groups in total. The van der Waals surface area contributed by atoms with Gasteiger partial charge in [0, 0.05) is 11.8 Å². The van der Waals surface area contributed by atoms with Crippen molar-refractivity contribution in [1.29, 1.82) is 0 Å². The first-order chi connectivity index (χ1) is 7.03. The van der Waals surface area contributed by atoms with E-state index in [9.17, 15) is 9.59 Å². The van der Waals surface area contributed by atoms with Crippen molar-refractivity contribution in [2.45, 2.75) is 20.3 Å². The van der Waals surface area contributed by atoms with Gasteiger partial charge in [0.15, 0.2) is 11.6 Å². The smallest absolute Gasteiger partial charge is 0.160 e. The van der Waals surface area contributed by atoms with Crippen molar-refractivity contribution in [1.82, 2.24) is 0 Å². The Morgan fingerprint density at radius 3 is 2.67 bits per heavy atom. The zero-order valence-electron chi connectivity index (χ0n) is 8.99. The highest BCUT2D eigenvalue weighted by molar-refractivity contribution is 6.08. The predicted molar refractivity (Wildman–Crippen MR) is 56.1 cm³/mol. The molecule has 0 radical (unpaired) electrons. The fraction of sp³-hybridized carbons (Fsp3) is 0.538. The third-order valence-electron chi connectivity index (χ3n) is 4.35. The third kappa shape index (κ3) is 0.947. The van der Waals surface area contributed by atoms with Crippen LogP contribution in [0.4, 0.5) is 0 Å². The van der Waals surface area contributed by atoms with E-state index in [1.54, 1.807) is 0 Å². The minimum Gasteiger partial charge on any atom is -0.294 e. The zero-order valence-corrected chi connectivity index (χ0v) is 8.99. The van der Waals surface area contributed by atoms with Gasteiger partial charge in [-0.05, 0) is 36.8 Å². The molecule has 0 aromatic carbocycles. The number of ketones is 2. The molecule has 15 heavy (non-hydrogen) atoms. The molecule has 4 atom stereocenters. The van der Waals surface area contributed by atoms with Crippen LogP contribution in [0.2, 0.25) is 0 Å². The lowest BCUT2D eigenvalue weighted by molar-refractivity contribution is -0.130. The van der Waals surface area contributed by atoms with Crippen LogP contribution in [0, 0.1) is 23.2 Å². The lowest BCUT2D eigenvalue weighted by Crippen LogP contribution is -2.39. The summed E-state index contributed by atoms with van der Waals surface area (Å²) in [6.07, 6.45) is 6.13. The Morgan fingerprint density at radius 1 is 1.27 bits per heavy atom. The van der Waals surface area contributed by atoms with Gasteiger partial charge in [-0.1, -0.05) is 18.6 Å². The molecule has 3 aliphatic rings. The lowest BCUT2D eigenvalue weighted by Gasteiger charge is -2.34. The number of hydrogen-bond donors (Lipinski definition) is 0. The van der Waals surface area contributed by atoms with E-state index in [2.05, 4.69) is 19.9 Å². The SMILES string of the molecule is CC1=CC2(C)CC1C1C(=O)C=CC(=O)C12. The summed E-state index contributed by atoms with van der Waals surface area (Å²) >= 11 is 0. The van der Waals surface area contributed by atoms with Crippen LogP contribution in [-0.2, 0) is 9.59 Å². The maximum Gasteiger partial charge on any atom is 0.160 e. The van der Waals surface area contributed by atoms with Gasteiger partial charge in [0.1, 0.15) is 0 Å². The molecule has 0 amide bonds. The first-order valence-corrected chi connectivity index (χ1v) is 5.48. The second-order valence-electron chi connectivity index (χ2n) is 5.35. The summed E-state index contributed by atoms with van der Waals surface area (Å²) in [4.78, 5) is 23.7. The maximum atomic E-state index is 11.9. The summed E-state index contributed by atoms with van der Waals surface area (Å²) in [5.74, 6) is 0.483. The Hall–Kier alpha value is -1.18. The van der Waals surface area contributed by atoms with Crippen molar-refractivity contribution in [2.24, 2.45) is 23.2 Å². The molecule has 2 nitrogen and oxygen atoms in total. The number of hydrogen-bond acceptors (Lipinski definition) is 2. The van der Waals surface area contributed by atoms with Gasteiger partial charge in [0.2, 0.25) is 0 Å². The van der Waals surface area contributed by atoms with Crippen LogP contribution in [0.25, 0.3) is 0 Å². The molecular formula is C13H14O2. The molecule has 0 spiro atoms. The van der Waals surface area contributed by atoms with E-state index in [1.807, 2.05) is 0 Å². The van der Waals surface area contributed by atoms with Gasteiger partial charge < -0.3 is 0 Å². The molecule has 3 aliphatic carbocycles. The molecule has 4 unspecified atom stereocenters. The summed E-state index contributed by atoms with van der Waals surface area (Å²) in [6.45, 7) is 4.20. The van der Waals surface area contributed by atoms with E-state index in [4.69, 9.17) is 0 Å². The average molecular weight is 202 g/mol. The highest BCUT2D eigenvalue weighted by atomic mass is 16.1. The Bertz CT molecular complexity index is 430. The second-order valence-corrected chi connectivity index (χ2v) is 5.35. The molecule has 0 saturated heterocycles. The van der Waals surface area contributed by atoms with Crippen LogP contribution in [-0.4, -0.2) is 11.6 Å². The number of carbonyl (C=O) groups excluding carboxylic acids is 2. The number of fused-ring (bicyclic) bond motifs is 5. The zero-order chi connectivity index (χ0) is 10.8. The molecule has 3 rings (SSSR count). The fourth-order valence-corrected chi connectivity index (χ4v) is 3.83. The molecule has 0 aliphatic heterocycles. The van der Waals surface area contributed by atoms with Gasteiger partial charge in [-0.25, -0.2) is 0 Å². The first-order valence-electron chi connectivity index (χ1n) is 5.48. The summed E-state index contributed by atoms with van der Waals surface area (Å²) in [5, 5.41) is 0. The normalized spacial score (nSPS) is 47.1. The Labute approximate surface area is 89.0 Å². The predicted octanol–water partition coefficient (Wildman–Crippen LogP) is 1.91. The van der Waals surface area contributed by atoms with Crippen LogP contribution in [0.15, 0.2) is 23.8 Å². The molecule has 2 bridgehead atoms. The van der Waals surface area contributed by atoms with Crippen LogP contribution in [0.5, 0.6) is 0 Å². The molecule has 1 saturated carbocycles. The summed E-state index contributed by atoms with van der Waals surface area (Å²) < 4.78 is 0. The lowest BCUT2D eigenvalue weighted by atomic mass is 9.67. The second kappa shape index (κ2) is 2.49. The summed E-state index contributed by atoms with van der Waals surface area (Å²) in [6, 6.07) is 0. The summed E-state index contributed by atoms with van der Waals surface area (Å²) in [7, 11) is 0. The van der Waals surface area contributed by atoms with Crippen LogP contribution in [0.3, 0.4) is 0 Å². The maximum absolute atomic E-state index is 11.9. The molecular weight excluding hydrogens is 188 g/mol. The van der Waals surface area contributed by atoms with Gasteiger partial charge in [-0.3, -0.25) is 9.59 Å². The Kier molecular flexibility index (Phi) is 1.51. The van der Waals surface area contributed by atoms with Crippen LogP contribution < -0.4 is 0 Å².